The SMILES string of the molecule is CC(Oc1ccc(Br)cc1Cl)C(=O)Nc1cccc(C#N)c1. The van der Waals surface area contributed by atoms with Crippen LogP contribution in [0.5, 0.6) is 5.75 Å². The first-order valence-electron chi connectivity index (χ1n) is 6.42. The molecule has 0 spiro atoms. The van der Waals surface area contributed by atoms with Crippen molar-refractivity contribution in [3.63, 3.8) is 0 Å². The number of halogens is 2. The highest BCUT2D eigenvalue weighted by molar-refractivity contribution is 9.10. The van der Waals surface area contributed by atoms with Crippen LogP contribution in [0.2, 0.25) is 5.02 Å². The summed E-state index contributed by atoms with van der Waals surface area (Å²) in [5.74, 6) is 0.104. The molecule has 0 heterocycles. The molecule has 112 valence electrons. The maximum Gasteiger partial charge on any atom is 0.265 e. The molecule has 0 saturated carbocycles. The number of hydrogen-bond acceptors (Lipinski definition) is 3. The lowest BCUT2D eigenvalue weighted by atomic mass is 10.2. The minimum Gasteiger partial charge on any atom is -0.479 e. The fourth-order valence-corrected chi connectivity index (χ4v) is 2.44. The van der Waals surface area contributed by atoms with Crippen molar-refractivity contribution in [2.24, 2.45) is 0 Å². The molecule has 22 heavy (non-hydrogen) atoms. The van der Waals surface area contributed by atoms with E-state index in [9.17, 15) is 4.79 Å². The van der Waals surface area contributed by atoms with E-state index in [0.717, 1.165) is 4.47 Å². The van der Waals surface area contributed by atoms with Gasteiger partial charge in [0.2, 0.25) is 0 Å². The quantitative estimate of drug-likeness (QED) is 0.857. The second kappa shape index (κ2) is 7.30. The van der Waals surface area contributed by atoms with Crippen molar-refractivity contribution in [1.29, 1.82) is 5.26 Å². The van der Waals surface area contributed by atoms with E-state index in [-0.39, 0.29) is 5.91 Å². The fraction of sp³-hybridized carbons (Fsp3) is 0.125. The number of nitriles is 1. The summed E-state index contributed by atoms with van der Waals surface area (Å²) in [5.41, 5.74) is 1.02. The van der Waals surface area contributed by atoms with Crippen molar-refractivity contribution in [3.8, 4) is 11.8 Å². The number of carbonyl (C=O) groups is 1. The lowest BCUT2D eigenvalue weighted by Crippen LogP contribution is -2.30. The van der Waals surface area contributed by atoms with Gasteiger partial charge in [0.1, 0.15) is 5.75 Å². The molecule has 2 aromatic carbocycles. The van der Waals surface area contributed by atoms with E-state index < -0.39 is 6.10 Å². The summed E-state index contributed by atoms with van der Waals surface area (Å²) in [7, 11) is 0. The van der Waals surface area contributed by atoms with Crippen molar-refractivity contribution in [1.82, 2.24) is 0 Å². The maximum absolute atomic E-state index is 12.1. The van der Waals surface area contributed by atoms with E-state index in [0.29, 0.717) is 22.0 Å². The van der Waals surface area contributed by atoms with Gasteiger partial charge >= 0.3 is 0 Å². The number of carbonyl (C=O) groups excluding carboxylic acids is 1. The zero-order valence-electron chi connectivity index (χ0n) is 11.6. The number of amides is 1. The summed E-state index contributed by atoms with van der Waals surface area (Å²) in [6.07, 6.45) is -0.732. The maximum atomic E-state index is 12.1. The van der Waals surface area contributed by atoms with Gasteiger partial charge in [0, 0.05) is 10.2 Å². The zero-order valence-corrected chi connectivity index (χ0v) is 14.0. The highest BCUT2D eigenvalue weighted by atomic mass is 79.9. The van der Waals surface area contributed by atoms with Gasteiger partial charge < -0.3 is 10.1 Å². The first-order valence-corrected chi connectivity index (χ1v) is 7.59. The largest absolute Gasteiger partial charge is 0.479 e. The second-order valence-corrected chi connectivity index (χ2v) is 5.84. The molecule has 1 N–H and O–H groups in total. The number of nitrogens with zero attached hydrogens (tertiary/aromatic N) is 1. The Balaban J connectivity index is 2.04. The fourth-order valence-electron chi connectivity index (χ4n) is 1.73. The predicted molar refractivity (Wildman–Crippen MR) is 89.0 cm³/mol. The molecule has 1 atom stereocenters. The molecule has 6 heteroatoms. The molecule has 0 aromatic heterocycles. The summed E-state index contributed by atoms with van der Waals surface area (Å²) in [4.78, 5) is 12.1. The third-order valence-corrected chi connectivity index (χ3v) is 3.61. The first kappa shape index (κ1) is 16.3. The van der Waals surface area contributed by atoms with Gasteiger partial charge in [0.25, 0.3) is 5.91 Å². The number of hydrogen-bond donors (Lipinski definition) is 1. The number of anilines is 1. The van der Waals surface area contributed by atoms with E-state index in [1.165, 1.54) is 0 Å². The Bertz CT molecular complexity index is 743. The van der Waals surface area contributed by atoms with Gasteiger partial charge in [-0.1, -0.05) is 33.6 Å². The Hall–Kier alpha value is -2.03. The molecule has 0 aliphatic rings. The van der Waals surface area contributed by atoms with Gasteiger partial charge in [0.15, 0.2) is 6.10 Å². The molecular formula is C16H12BrClN2O2. The zero-order chi connectivity index (χ0) is 16.1. The molecule has 0 bridgehead atoms. The third kappa shape index (κ3) is 4.23. The van der Waals surface area contributed by atoms with Crippen molar-refractivity contribution < 1.29 is 9.53 Å². The van der Waals surface area contributed by atoms with Gasteiger partial charge in [0.05, 0.1) is 16.7 Å². The van der Waals surface area contributed by atoms with Crippen LogP contribution in [-0.2, 0) is 4.79 Å². The van der Waals surface area contributed by atoms with Crippen LogP contribution in [0.1, 0.15) is 12.5 Å². The van der Waals surface area contributed by atoms with Gasteiger partial charge in [-0.15, -0.1) is 0 Å². The summed E-state index contributed by atoms with van der Waals surface area (Å²) in [5, 5.41) is 12.0. The predicted octanol–water partition coefficient (Wildman–Crippen LogP) is 4.38. The van der Waals surface area contributed by atoms with Gasteiger partial charge in [-0.2, -0.15) is 5.26 Å². The Labute approximate surface area is 141 Å². The summed E-state index contributed by atoms with van der Waals surface area (Å²) in [6, 6.07) is 13.8. The number of benzene rings is 2. The lowest BCUT2D eigenvalue weighted by Gasteiger charge is -2.16. The van der Waals surface area contributed by atoms with E-state index >= 15 is 0 Å². The molecule has 2 rings (SSSR count). The van der Waals surface area contributed by atoms with Crippen molar-refractivity contribution >= 4 is 39.1 Å². The second-order valence-electron chi connectivity index (χ2n) is 4.52. The minimum atomic E-state index is -0.732. The smallest absolute Gasteiger partial charge is 0.265 e. The molecule has 1 amide bonds. The van der Waals surface area contributed by atoms with E-state index in [4.69, 9.17) is 21.6 Å². The normalized spacial score (nSPS) is 11.4. The summed E-state index contributed by atoms with van der Waals surface area (Å²) < 4.78 is 6.39. The summed E-state index contributed by atoms with van der Waals surface area (Å²) >= 11 is 9.36. The monoisotopic (exact) mass is 378 g/mol. The molecule has 2 aromatic rings. The minimum absolute atomic E-state index is 0.325. The van der Waals surface area contributed by atoms with Crippen molar-refractivity contribution in [2.45, 2.75) is 13.0 Å². The standard InChI is InChI=1S/C16H12BrClN2O2/c1-10(22-15-6-5-12(17)8-14(15)18)16(21)20-13-4-2-3-11(7-13)9-19/h2-8,10H,1H3,(H,20,21). The van der Waals surface area contributed by atoms with E-state index in [1.807, 2.05) is 6.07 Å². The Morgan fingerprint density at radius 1 is 1.36 bits per heavy atom. The Morgan fingerprint density at radius 2 is 2.14 bits per heavy atom. The first-order chi connectivity index (χ1) is 10.5. The van der Waals surface area contributed by atoms with Crippen LogP contribution >= 0.6 is 27.5 Å². The molecule has 1 unspecified atom stereocenters. The van der Waals surface area contributed by atoms with Gasteiger partial charge in [-0.25, -0.2) is 0 Å². The van der Waals surface area contributed by atoms with Crippen LogP contribution in [0.4, 0.5) is 5.69 Å². The van der Waals surface area contributed by atoms with Crippen LogP contribution in [-0.4, -0.2) is 12.0 Å². The Kier molecular flexibility index (Phi) is 5.42. The average molecular weight is 380 g/mol. The van der Waals surface area contributed by atoms with Crippen LogP contribution in [0.25, 0.3) is 0 Å². The highest BCUT2D eigenvalue weighted by Crippen LogP contribution is 2.28. The van der Waals surface area contributed by atoms with Gasteiger partial charge in [-0.3, -0.25) is 4.79 Å². The van der Waals surface area contributed by atoms with E-state index in [2.05, 4.69) is 21.2 Å². The number of ether oxygens (including phenoxy) is 1. The van der Waals surface area contributed by atoms with Crippen LogP contribution in [0.15, 0.2) is 46.9 Å². The lowest BCUT2D eigenvalue weighted by molar-refractivity contribution is -0.122. The van der Waals surface area contributed by atoms with Crippen LogP contribution in [0, 0.1) is 11.3 Å². The molecule has 0 saturated heterocycles. The molecule has 0 fully saturated rings. The van der Waals surface area contributed by atoms with Gasteiger partial charge in [-0.05, 0) is 43.3 Å². The molecule has 0 aliphatic carbocycles. The summed E-state index contributed by atoms with van der Waals surface area (Å²) in [6.45, 7) is 1.63. The molecular weight excluding hydrogens is 368 g/mol. The van der Waals surface area contributed by atoms with Crippen LogP contribution in [0.3, 0.4) is 0 Å². The molecule has 0 aliphatic heterocycles. The number of nitrogens with one attached hydrogen (secondary N) is 1. The van der Waals surface area contributed by atoms with Crippen molar-refractivity contribution in [2.75, 3.05) is 5.32 Å². The third-order valence-electron chi connectivity index (χ3n) is 2.83. The highest BCUT2D eigenvalue weighted by Gasteiger charge is 2.16. The molecule has 0 radical (unpaired) electrons. The Morgan fingerprint density at radius 3 is 2.82 bits per heavy atom. The molecule has 4 nitrogen and oxygen atoms in total. The topological polar surface area (TPSA) is 62.1 Å². The average Bonchev–Trinajstić information content (AvgIpc) is 2.50. The van der Waals surface area contributed by atoms with Crippen LogP contribution < -0.4 is 10.1 Å². The van der Waals surface area contributed by atoms with E-state index in [1.54, 1.807) is 49.4 Å². The number of rotatable bonds is 4. The van der Waals surface area contributed by atoms with Crippen molar-refractivity contribution in [3.05, 3.63) is 57.5 Å².